The number of nitrogens with zero attached hydrogens (tertiary/aromatic N) is 4. The first-order valence-corrected chi connectivity index (χ1v) is 10.6. The largest absolute Gasteiger partial charge is 0.356 e. The quantitative estimate of drug-likeness (QED) is 0.440. The summed E-state index contributed by atoms with van der Waals surface area (Å²) in [6, 6.07) is 14.8. The van der Waals surface area contributed by atoms with Crippen molar-refractivity contribution in [3.05, 3.63) is 78.0 Å². The molecule has 158 valence electrons. The van der Waals surface area contributed by atoms with Crippen LogP contribution in [0.1, 0.15) is 43.6 Å². The first kappa shape index (κ1) is 21.6. The molecule has 6 nitrogen and oxygen atoms in total. The molecule has 6 heteroatoms. The second-order valence-electron chi connectivity index (χ2n) is 7.50. The average Bonchev–Trinajstić information content (AvgIpc) is 3.23. The van der Waals surface area contributed by atoms with E-state index in [0.29, 0.717) is 6.54 Å². The summed E-state index contributed by atoms with van der Waals surface area (Å²) in [5.74, 6) is 2.59. The van der Waals surface area contributed by atoms with Crippen molar-refractivity contribution in [2.75, 3.05) is 13.6 Å². The number of rotatable bonds is 8. The highest BCUT2D eigenvalue weighted by atomic mass is 15.2. The van der Waals surface area contributed by atoms with Crippen molar-refractivity contribution in [3.8, 4) is 5.82 Å². The molecule has 2 N–H and O–H groups in total. The molecule has 0 aliphatic heterocycles. The minimum Gasteiger partial charge on any atom is -0.356 e. The maximum absolute atomic E-state index is 4.56. The Morgan fingerprint density at radius 1 is 1.03 bits per heavy atom. The molecule has 0 unspecified atom stereocenters. The SMILES string of the molecule is CCC(CC)(CNC(=NC)NCc1ccc(-n2ccnc2C)nc1)c1ccccc1. The van der Waals surface area contributed by atoms with Gasteiger partial charge in [0.05, 0.1) is 0 Å². The molecule has 0 radical (unpaired) electrons. The Bertz CT molecular complexity index is 939. The topological polar surface area (TPSA) is 67.1 Å². The Kier molecular flexibility index (Phi) is 7.22. The highest BCUT2D eigenvalue weighted by Gasteiger charge is 2.28. The lowest BCUT2D eigenvalue weighted by Crippen LogP contribution is -2.45. The second-order valence-corrected chi connectivity index (χ2v) is 7.50. The summed E-state index contributed by atoms with van der Waals surface area (Å²) in [6.07, 6.45) is 7.72. The molecule has 3 rings (SSSR count). The third-order valence-corrected chi connectivity index (χ3v) is 5.90. The van der Waals surface area contributed by atoms with Crippen molar-refractivity contribution in [2.45, 2.75) is 45.6 Å². The Balaban J connectivity index is 1.60. The fraction of sp³-hybridized carbons (Fsp3) is 0.375. The van der Waals surface area contributed by atoms with Crippen LogP contribution in [0, 0.1) is 6.92 Å². The number of imidazole rings is 1. The van der Waals surface area contributed by atoms with Crippen LogP contribution in [0.5, 0.6) is 0 Å². The summed E-state index contributed by atoms with van der Waals surface area (Å²) in [4.78, 5) is 13.2. The summed E-state index contributed by atoms with van der Waals surface area (Å²) >= 11 is 0. The van der Waals surface area contributed by atoms with E-state index in [4.69, 9.17) is 0 Å². The van der Waals surface area contributed by atoms with Gasteiger partial charge in [-0.05, 0) is 37.0 Å². The average molecular weight is 405 g/mol. The first-order valence-electron chi connectivity index (χ1n) is 10.6. The highest BCUT2D eigenvalue weighted by molar-refractivity contribution is 5.79. The van der Waals surface area contributed by atoms with Gasteiger partial charge in [-0.3, -0.25) is 9.56 Å². The fourth-order valence-corrected chi connectivity index (χ4v) is 3.75. The van der Waals surface area contributed by atoms with Gasteiger partial charge in [0.1, 0.15) is 11.6 Å². The van der Waals surface area contributed by atoms with E-state index in [-0.39, 0.29) is 5.41 Å². The number of hydrogen-bond donors (Lipinski definition) is 2. The van der Waals surface area contributed by atoms with Crippen LogP contribution in [0.3, 0.4) is 0 Å². The molecule has 0 aliphatic rings. The van der Waals surface area contributed by atoms with E-state index >= 15 is 0 Å². The number of nitrogens with one attached hydrogen (secondary N) is 2. The Morgan fingerprint density at radius 2 is 1.80 bits per heavy atom. The van der Waals surface area contributed by atoms with E-state index in [0.717, 1.165) is 42.6 Å². The summed E-state index contributed by atoms with van der Waals surface area (Å²) < 4.78 is 1.97. The minimum atomic E-state index is 0.0880. The van der Waals surface area contributed by atoms with Crippen LogP contribution < -0.4 is 10.6 Å². The first-order chi connectivity index (χ1) is 14.6. The van der Waals surface area contributed by atoms with E-state index in [1.54, 1.807) is 13.2 Å². The van der Waals surface area contributed by atoms with E-state index in [1.165, 1.54) is 5.56 Å². The predicted molar refractivity (Wildman–Crippen MR) is 123 cm³/mol. The van der Waals surface area contributed by atoms with Crippen molar-refractivity contribution >= 4 is 5.96 Å². The Labute approximate surface area is 179 Å². The van der Waals surface area contributed by atoms with Gasteiger partial charge in [0, 0.05) is 44.1 Å². The minimum absolute atomic E-state index is 0.0880. The summed E-state index contributed by atoms with van der Waals surface area (Å²) in [6.45, 7) is 7.97. The normalized spacial score (nSPS) is 12.1. The molecule has 0 amide bonds. The van der Waals surface area contributed by atoms with Crippen LogP contribution in [-0.2, 0) is 12.0 Å². The van der Waals surface area contributed by atoms with E-state index in [9.17, 15) is 0 Å². The van der Waals surface area contributed by atoms with Gasteiger partial charge in [-0.1, -0.05) is 50.2 Å². The zero-order chi connectivity index (χ0) is 21.4. The molecule has 2 heterocycles. The lowest BCUT2D eigenvalue weighted by Gasteiger charge is -2.33. The van der Waals surface area contributed by atoms with E-state index < -0.39 is 0 Å². The van der Waals surface area contributed by atoms with Gasteiger partial charge in [0.15, 0.2) is 5.96 Å². The van der Waals surface area contributed by atoms with Gasteiger partial charge in [-0.25, -0.2) is 9.97 Å². The summed E-state index contributed by atoms with van der Waals surface area (Å²) in [5, 5.41) is 6.93. The molecule has 0 spiro atoms. The standard InChI is InChI=1S/C24H32N6/c1-5-24(6-2,21-10-8-7-9-11-21)18-29-23(25-4)28-17-20-12-13-22(27-16-20)30-15-14-26-19(30)3/h7-16H,5-6,17-18H2,1-4H3,(H2,25,28,29). The zero-order valence-corrected chi connectivity index (χ0v) is 18.4. The predicted octanol–water partition coefficient (Wildman–Crippen LogP) is 4.00. The molecular formula is C24H32N6. The van der Waals surface area contributed by atoms with Gasteiger partial charge in [-0.2, -0.15) is 0 Å². The molecule has 3 aromatic rings. The summed E-state index contributed by atoms with van der Waals surface area (Å²) in [7, 11) is 1.81. The lowest BCUT2D eigenvalue weighted by atomic mass is 9.76. The maximum atomic E-state index is 4.56. The number of aryl methyl sites for hydroxylation is 1. The van der Waals surface area contributed by atoms with Gasteiger partial charge in [-0.15, -0.1) is 0 Å². The molecule has 1 aromatic carbocycles. The zero-order valence-electron chi connectivity index (χ0n) is 18.4. The van der Waals surface area contributed by atoms with Crippen molar-refractivity contribution in [3.63, 3.8) is 0 Å². The van der Waals surface area contributed by atoms with Gasteiger partial charge < -0.3 is 10.6 Å². The van der Waals surface area contributed by atoms with E-state index in [1.807, 2.05) is 30.0 Å². The molecule has 0 atom stereocenters. The van der Waals surface area contributed by atoms with Crippen LogP contribution in [0.25, 0.3) is 5.82 Å². The fourth-order valence-electron chi connectivity index (χ4n) is 3.75. The third kappa shape index (κ3) is 4.87. The van der Waals surface area contributed by atoms with Gasteiger partial charge in [0.2, 0.25) is 0 Å². The molecular weight excluding hydrogens is 372 g/mol. The highest BCUT2D eigenvalue weighted by Crippen LogP contribution is 2.30. The number of hydrogen-bond acceptors (Lipinski definition) is 3. The molecule has 0 saturated heterocycles. The van der Waals surface area contributed by atoms with Crippen LogP contribution in [0.2, 0.25) is 0 Å². The molecule has 30 heavy (non-hydrogen) atoms. The van der Waals surface area contributed by atoms with Crippen molar-refractivity contribution in [1.29, 1.82) is 0 Å². The molecule has 0 bridgehead atoms. The smallest absolute Gasteiger partial charge is 0.191 e. The Hall–Kier alpha value is -3.15. The molecule has 0 fully saturated rings. The lowest BCUT2D eigenvalue weighted by molar-refractivity contribution is 0.389. The third-order valence-electron chi connectivity index (χ3n) is 5.90. The van der Waals surface area contributed by atoms with Crippen molar-refractivity contribution in [2.24, 2.45) is 4.99 Å². The van der Waals surface area contributed by atoms with Gasteiger partial charge in [0.25, 0.3) is 0 Å². The van der Waals surface area contributed by atoms with Crippen LogP contribution in [0.15, 0.2) is 66.0 Å². The molecule has 0 aliphatic carbocycles. The maximum Gasteiger partial charge on any atom is 0.191 e. The number of pyridine rings is 1. The number of guanidine groups is 1. The Morgan fingerprint density at radius 3 is 2.37 bits per heavy atom. The molecule has 0 saturated carbocycles. The van der Waals surface area contributed by atoms with Crippen molar-refractivity contribution < 1.29 is 0 Å². The van der Waals surface area contributed by atoms with Crippen LogP contribution in [-0.4, -0.2) is 34.1 Å². The molecule has 2 aromatic heterocycles. The second kappa shape index (κ2) is 10.1. The van der Waals surface area contributed by atoms with Crippen molar-refractivity contribution in [1.82, 2.24) is 25.2 Å². The summed E-state index contributed by atoms with van der Waals surface area (Å²) in [5.41, 5.74) is 2.55. The monoisotopic (exact) mass is 404 g/mol. The van der Waals surface area contributed by atoms with E-state index in [2.05, 4.69) is 75.8 Å². The van der Waals surface area contributed by atoms with Crippen LogP contribution >= 0.6 is 0 Å². The van der Waals surface area contributed by atoms with Crippen LogP contribution in [0.4, 0.5) is 0 Å². The number of aromatic nitrogens is 3. The number of aliphatic imine (C=N–C) groups is 1. The van der Waals surface area contributed by atoms with Gasteiger partial charge >= 0.3 is 0 Å². The number of benzene rings is 1.